The third kappa shape index (κ3) is 5.04. The molecule has 6 heteroatoms. The minimum Gasteiger partial charge on any atom is -0.301 e. The van der Waals surface area contributed by atoms with Crippen LogP contribution in [0.1, 0.15) is 25.8 Å². The van der Waals surface area contributed by atoms with Gasteiger partial charge >= 0.3 is 0 Å². The second-order valence-corrected chi connectivity index (χ2v) is 8.28. The van der Waals surface area contributed by atoms with Crippen LogP contribution in [0.5, 0.6) is 0 Å². The van der Waals surface area contributed by atoms with Gasteiger partial charge in [0.1, 0.15) is 5.82 Å². The molecule has 22 heavy (non-hydrogen) atoms. The molecule has 1 saturated heterocycles. The number of sulfonamides is 1. The lowest BCUT2D eigenvalue weighted by Gasteiger charge is -2.34. The first-order valence-corrected chi connectivity index (χ1v) is 9.42. The minimum atomic E-state index is -3.37. The van der Waals surface area contributed by atoms with E-state index in [9.17, 15) is 12.8 Å². The zero-order valence-electron chi connectivity index (χ0n) is 13.3. The lowest BCUT2D eigenvalue weighted by molar-refractivity contribution is 0.180. The van der Waals surface area contributed by atoms with E-state index in [1.807, 2.05) is 0 Å². The first-order valence-electron chi connectivity index (χ1n) is 7.81. The molecular formula is C16H25FN2O2S. The van der Waals surface area contributed by atoms with Gasteiger partial charge in [-0.05, 0) is 36.6 Å². The van der Waals surface area contributed by atoms with Crippen molar-refractivity contribution >= 4 is 10.0 Å². The number of benzene rings is 1. The number of hydrogen-bond donors (Lipinski definition) is 0. The van der Waals surface area contributed by atoms with Crippen LogP contribution in [-0.4, -0.2) is 50.3 Å². The van der Waals surface area contributed by atoms with Gasteiger partial charge in [0.05, 0.1) is 5.75 Å². The van der Waals surface area contributed by atoms with Crippen LogP contribution in [0.25, 0.3) is 0 Å². The highest BCUT2D eigenvalue weighted by Crippen LogP contribution is 2.15. The number of rotatable bonds is 6. The zero-order valence-corrected chi connectivity index (χ0v) is 14.2. The van der Waals surface area contributed by atoms with E-state index in [0.717, 1.165) is 26.1 Å². The SMILES string of the molecule is CC(C)CCN1CCN(S(=O)(=O)Cc2cccc(F)c2)CC1. The van der Waals surface area contributed by atoms with Crippen LogP contribution < -0.4 is 0 Å². The van der Waals surface area contributed by atoms with Gasteiger partial charge in [0.2, 0.25) is 10.0 Å². The van der Waals surface area contributed by atoms with Gasteiger partial charge in [-0.2, -0.15) is 4.31 Å². The molecule has 0 aromatic heterocycles. The van der Waals surface area contributed by atoms with E-state index >= 15 is 0 Å². The van der Waals surface area contributed by atoms with Gasteiger partial charge in [-0.1, -0.05) is 26.0 Å². The molecule has 1 aliphatic rings. The molecule has 1 aromatic rings. The molecule has 1 aromatic carbocycles. The summed E-state index contributed by atoms with van der Waals surface area (Å²) in [6.07, 6.45) is 1.13. The first kappa shape index (κ1) is 17.4. The molecule has 1 fully saturated rings. The fourth-order valence-corrected chi connectivity index (χ4v) is 4.10. The first-order chi connectivity index (χ1) is 10.4. The van der Waals surface area contributed by atoms with Crippen LogP contribution in [-0.2, 0) is 15.8 Å². The number of halogens is 1. The van der Waals surface area contributed by atoms with Crippen LogP contribution in [0.2, 0.25) is 0 Å². The van der Waals surface area contributed by atoms with Crippen molar-refractivity contribution in [2.45, 2.75) is 26.0 Å². The Kier molecular flexibility index (Phi) is 5.94. The average Bonchev–Trinajstić information content (AvgIpc) is 2.45. The summed E-state index contributed by atoms with van der Waals surface area (Å²) in [5.74, 6) is 0.137. The summed E-state index contributed by atoms with van der Waals surface area (Å²) in [6.45, 7) is 8.00. The topological polar surface area (TPSA) is 40.6 Å². The third-order valence-corrected chi connectivity index (χ3v) is 5.84. The van der Waals surface area contributed by atoms with Gasteiger partial charge < -0.3 is 4.90 Å². The quantitative estimate of drug-likeness (QED) is 0.805. The van der Waals surface area contributed by atoms with Gasteiger partial charge in [-0.3, -0.25) is 0 Å². The van der Waals surface area contributed by atoms with Gasteiger partial charge in [0, 0.05) is 26.2 Å². The summed E-state index contributed by atoms with van der Waals surface area (Å²) >= 11 is 0. The normalized spacial score (nSPS) is 18.0. The van der Waals surface area contributed by atoms with Gasteiger partial charge in [0.15, 0.2) is 0 Å². The van der Waals surface area contributed by atoms with E-state index in [2.05, 4.69) is 18.7 Å². The van der Waals surface area contributed by atoms with Crippen LogP contribution >= 0.6 is 0 Å². The summed E-state index contributed by atoms with van der Waals surface area (Å²) in [5, 5.41) is 0. The molecule has 0 saturated carbocycles. The number of piperazine rings is 1. The van der Waals surface area contributed by atoms with Gasteiger partial charge in [0.25, 0.3) is 0 Å². The lowest BCUT2D eigenvalue weighted by Crippen LogP contribution is -2.49. The molecule has 0 N–H and O–H groups in total. The van der Waals surface area contributed by atoms with Crippen molar-refractivity contribution in [2.24, 2.45) is 5.92 Å². The Morgan fingerprint density at radius 2 is 1.86 bits per heavy atom. The molecule has 124 valence electrons. The Balaban J connectivity index is 1.89. The smallest absolute Gasteiger partial charge is 0.218 e. The molecule has 0 radical (unpaired) electrons. The van der Waals surface area contributed by atoms with E-state index in [1.165, 1.54) is 16.4 Å². The Morgan fingerprint density at radius 1 is 1.18 bits per heavy atom. The van der Waals surface area contributed by atoms with E-state index < -0.39 is 15.8 Å². The number of hydrogen-bond acceptors (Lipinski definition) is 3. The molecule has 4 nitrogen and oxygen atoms in total. The summed E-state index contributed by atoms with van der Waals surface area (Å²) < 4.78 is 39.6. The fourth-order valence-electron chi connectivity index (χ4n) is 2.60. The maximum Gasteiger partial charge on any atom is 0.218 e. The minimum absolute atomic E-state index is 0.128. The molecule has 2 rings (SSSR count). The molecule has 0 atom stereocenters. The molecule has 0 spiro atoms. The van der Waals surface area contributed by atoms with Crippen LogP contribution in [0.15, 0.2) is 24.3 Å². The Hall–Kier alpha value is -0.980. The van der Waals surface area contributed by atoms with Crippen molar-refractivity contribution in [2.75, 3.05) is 32.7 Å². The summed E-state index contributed by atoms with van der Waals surface area (Å²) in [6, 6.07) is 5.81. The van der Waals surface area contributed by atoms with Gasteiger partial charge in [-0.15, -0.1) is 0 Å². The fraction of sp³-hybridized carbons (Fsp3) is 0.625. The second-order valence-electron chi connectivity index (χ2n) is 6.31. The van der Waals surface area contributed by atoms with Crippen LogP contribution in [0.4, 0.5) is 4.39 Å². The highest BCUT2D eigenvalue weighted by Gasteiger charge is 2.27. The Morgan fingerprint density at radius 3 is 2.45 bits per heavy atom. The zero-order chi connectivity index (χ0) is 16.2. The van der Waals surface area contributed by atoms with Crippen LogP contribution in [0, 0.1) is 11.7 Å². The molecule has 0 amide bonds. The Bertz CT molecular complexity index is 582. The van der Waals surface area contributed by atoms with E-state index in [-0.39, 0.29) is 5.75 Å². The van der Waals surface area contributed by atoms with Crippen LogP contribution in [0.3, 0.4) is 0 Å². The molecule has 1 heterocycles. The van der Waals surface area contributed by atoms with Gasteiger partial charge in [-0.25, -0.2) is 12.8 Å². The second kappa shape index (κ2) is 7.53. The molecule has 1 aliphatic heterocycles. The molecule has 0 bridgehead atoms. The standard InChI is InChI=1S/C16H25FN2O2S/c1-14(2)6-7-18-8-10-19(11-9-18)22(20,21)13-15-4-3-5-16(17)12-15/h3-5,12,14H,6-11,13H2,1-2H3. The van der Waals surface area contributed by atoms with Crippen molar-refractivity contribution in [1.82, 2.24) is 9.21 Å². The monoisotopic (exact) mass is 328 g/mol. The molecule has 0 aliphatic carbocycles. The van der Waals surface area contributed by atoms with Crippen molar-refractivity contribution in [1.29, 1.82) is 0 Å². The summed E-state index contributed by atoms with van der Waals surface area (Å²) in [5.41, 5.74) is 0.502. The number of nitrogens with zero attached hydrogens (tertiary/aromatic N) is 2. The van der Waals surface area contributed by atoms with E-state index in [1.54, 1.807) is 12.1 Å². The summed E-state index contributed by atoms with van der Waals surface area (Å²) in [7, 11) is -3.37. The molecular weight excluding hydrogens is 303 g/mol. The van der Waals surface area contributed by atoms with Crippen molar-refractivity contribution in [3.8, 4) is 0 Å². The van der Waals surface area contributed by atoms with Crippen molar-refractivity contribution in [3.63, 3.8) is 0 Å². The van der Waals surface area contributed by atoms with E-state index in [4.69, 9.17) is 0 Å². The predicted molar refractivity (Wildman–Crippen MR) is 86.5 cm³/mol. The highest BCUT2D eigenvalue weighted by atomic mass is 32.2. The predicted octanol–water partition coefficient (Wildman–Crippen LogP) is 2.32. The van der Waals surface area contributed by atoms with Crippen molar-refractivity contribution < 1.29 is 12.8 Å². The van der Waals surface area contributed by atoms with Crippen molar-refractivity contribution in [3.05, 3.63) is 35.6 Å². The third-order valence-electron chi connectivity index (χ3n) is 3.99. The Labute approximate surface area is 133 Å². The highest BCUT2D eigenvalue weighted by molar-refractivity contribution is 7.88. The lowest BCUT2D eigenvalue weighted by atomic mass is 10.1. The average molecular weight is 328 g/mol. The largest absolute Gasteiger partial charge is 0.301 e. The maximum absolute atomic E-state index is 13.2. The maximum atomic E-state index is 13.2. The van der Waals surface area contributed by atoms with E-state index in [0.29, 0.717) is 24.6 Å². The summed E-state index contributed by atoms with van der Waals surface area (Å²) in [4.78, 5) is 2.31. The molecule has 0 unspecified atom stereocenters.